The highest BCUT2D eigenvalue weighted by Gasteiger charge is 2.19. The van der Waals surface area contributed by atoms with Gasteiger partial charge in [-0.05, 0) is 96.3 Å². The lowest BCUT2D eigenvalue weighted by Gasteiger charge is -2.18. The number of hydrogen-bond donors (Lipinski definition) is 0. The molecule has 0 aliphatic rings. The van der Waals surface area contributed by atoms with E-state index in [2.05, 4.69) is 118 Å². The fraction of sp³-hybridized carbons (Fsp3) is 0.750. The molecule has 6 heteroatoms. The van der Waals surface area contributed by atoms with Gasteiger partial charge in [0.2, 0.25) is 0 Å². The molecule has 0 N–H and O–H groups in total. The van der Waals surface area contributed by atoms with Gasteiger partial charge >= 0.3 is 17.9 Å². The number of unbranched alkanes of at least 4 members (excludes halogenated alkanes) is 37. The first kappa shape index (κ1) is 78.3. The quantitative estimate of drug-likeness (QED) is 0.0261. The Labute approximate surface area is 508 Å². The van der Waals surface area contributed by atoms with E-state index in [9.17, 15) is 14.4 Å². The zero-order chi connectivity index (χ0) is 59.2. The molecule has 0 spiro atoms. The minimum Gasteiger partial charge on any atom is -0.462 e. The van der Waals surface area contributed by atoms with Crippen molar-refractivity contribution in [2.75, 3.05) is 13.2 Å². The SMILES string of the molecule is CC/C=C\C/C=C\C/C=C\C/C=C\CCCCCCCCC(=O)OC(COC(=O)CCCC/C=C\C/C=C\C/C=C\C/C=C\CC)COC(=O)CCCCCCCCCCCCCCCCCCCCCCCCCCCCCCCC. The monoisotopic (exact) mass is 1140 g/mol. The summed E-state index contributed by atoms with van der Waals surface area (Å²) in [7, 11) is 0. The summed E-state index contributed by atoms with van der Waals surface area (Å²) >= 11 is 0. The van der Waals surface area contributed by atoms with Crippen LogP contribution in [0.25, 0.3) is 0 Å². The van der Waals surface area contributed by atoms with Gasteiger partial charge in [0, 0.05) is 19.3 Å². The van der Waals surface area contributed by atoms with Crippen molar-refractivity contribution in [3.63, 3.8) is 0 Å². The second kappa shape index (κ2) is 69.8. The molecule has 0 fully saturated rings. The second-order valence-corrected chi connectivity index (χ2v) is 23.4. The molecule has 0 amide bonds. The van der Waals surface area contributed by atoms with E-state index in [-0.39, 0.29) is 31.1 Å². The Balaban J connectivity index is 4.26. The highest BCUT2D eigenvalue weighted by molar-refractivity contribution is 5.71. The highest BCUT2D eigenvalue weighted by Crippen LogP contribution is 2.18. The van der Waals surface area contributed by atoms with Gasteiger partial charge in [-0.1, -0.05) is 330 Å². The van der Waals surface area contributed by atoms with E-state index in [1.54, 1.807) is 0 Å². The van der Waals surface area contributed by atoms with Crippen molar-refractivity contribution >= 4 is 17.9 Å². The van der Waals surface area contributed by atoms with Gasteiger partial charge in [0.1, 0.15) is 13.2 Å². The van der Waals surface area contributed by atoms with Gasteiger partial charge in [0.15, 0.2) is 6.10 Å². The fourth-order valence-electron chi connectivity index (χ4n) is 10.1. The van der Waals surface area contributed by atoms with E-state index < -0.39 is 6.10 Å². The van der Waals surface area contributed by atoms with Crippen molar-refractivity contribution in [2.24, 2.45) is 0 Å². The minimum absolute atomic E-state index is 0.0947. The van der Waals surface area contributed by atoms with E-state index in [1.165, 1.54) is 186 Å². The van der Waals surface area contributed by atoms with Crippen LogP contribution in [0.15, 0.2) is 97.2 Å². The maximum Gasteiger partial charge on any atom is 0.306 e. The first-order valence-corrected chi connectivity index (χ1v) is 35.2. The van der Waals surface area contributed by atoms with Crippen LogP contribution in [-0.4, -0.2) is 37.2 Å². The summed E-state index contributed by atoms with van der Waals surface area (Å²) in [5.74, 6) is -0.938. The standard InChI is InChI=1S/C76H132O6/c1-4-7-10-13-16-19-22-25-28-30-32-33-34-35-36-37-38-39-40-41-42-44-45-48-51-54-57-60-63-66-69-75(78)81-72-73(71-80-74(77)68-65-62-59-56-53-50-47-27-24-21-18-15-12-9-6-3)82-76(79)70-67-64-61-58-55-52-49-46-43-31-29-26-23-20-17-14-11-8-5-2/h8-9,11-12,17-18,20-21,26-27,29,43,46-47,53,56,73H,4-7,10,13-16,19,22-25,28,30-42,44-45,48-52,54-55,57-72H2,1-3H3/b11-8-,12-9-,20-17-,21-18-,29-26-,46-43-,47-27-,56-53-. The van der Waals surface area contributed by atoms with Crippen LogP contribution >= 0.6 is 0 Å². The Bertz CT molecular complexity index is 1590. The van der Waals surface area contributed by atoms with Crippen LogP contribution in [0, 0.1) is 0 Å². The Morgan fingerprint density at radius 2 is 0.476 bits per heavy atom. The maximum absolute atomic E-state index is 12.9. The van der Waals surface area contributed by atoms with E-state index in [1.807, 2.05) is 0 Å². The van der Waals surface area contributed by atoms with Crippen LogP contribution in [-0.2, 0) is 28.6 Å². The highest BCUT2D eigenvalue weighted by atomic mass is 16.6. The average Bonchev–Trinajstić information content (AvgIpc) is 3.47. The predicted molar refractivity (Wildman–Crippen MR) is 357 cm³/mol. The smallest absolute Gasteiger partial charge is 0.306 e. The molecular formula is C76H132O6. The van der Waals surface area contributed by atoms with Crippen molar-refractivity contribution in [3.05, 3.63) is 97.2 Å². The summed E-state index contributed by atoms with van der Waals surface area (Å²) in [5, 5.41) is 0. The molecule has 472 valence electrons. The molecule has 0 heterocycles. The van der Waals surface area contributed by atoms with Crippen LogP contribution in [0.3, 0.4) is 0 Å². The first-order valence-electron chi connectivity index (χ1n) is 35.2. The summed E-state index contributed by atoms with van der Waals surface area (Å²) in [6.07, 6.45) is 94.5. The number of ether oxygens (including phenoxy) is 3. The summed E-state index contributed by atoms with van der Waals surface area (Å²) in [6.45, 7) is 6.41. The van der Waals surface area contributed by atoms with Gasteiger partial charge in [0.25, 0.3) is 0 Å². The van der Waals surface area contributed by atoms with Gasteiger partial charge in [-0.25, -0.2) is 0 Å². The molecule has 0 saturated heterocycles. The van der Waals surface area contributed by atoms with Crippen LogP contribution in [0.2, 0.25) is 0 Å². The van der Waals surface area contributed by atoms with Gasteiger partial charge in [-0.15, -0.1) is 0 Å². The van der Waals surface area contributed by atoms with E-state index in [0.29, 0.717) is 19.3 Å². The lowest BCUT2D eigenvalue weighted by molar-refractivity contribution is -0.167. The topological polar surface area (TPSA) is 78.9 Å². The zero-order valence-corrected chi connectivity index (χ0v) is 54.2. The molecule has 0 rings (SSSR count). The third-order valence-electron chi connectivity index (χ3n) is 15.3. The zero-order valence-electron chi connectivity index (χ0n) is 54.2. The summed E-state index contributed by atoms with van der Waals surface area (Å²) in [4.78, 5) is 38.4. The van der Waals surface area contributed by atoms with Crippen LogP contribution in [0.5, 0.6) is 0 Å². The van der Waals surface area contributed by atoms with E-state index in [4.69, 9.17) is 14.2 Å². The van der Waals surface area contributed by atoms with Crippen molar-refractivity contribution in [1.29, 1.82) is 0 Å². The number of esters is 3. The molecule has 1 unspecified atom stereocenters. The van der Waals surface area contributed by atoms with Gasteiger partial charge in [0.05, 0.1) is 0 Å². The van der Waals surface area contributed by atoms with Gasteiger partial charge in [-0.2, -0.15) is 0 Å². The molecule has 82 heavy (non-hydrogen) atoms. The summed E-state index contributed by atoms with van der Waals surface area (Å²) in [6, 6.07) is 0. The summed E-state index contributed by atoms with van der Waals surface area (Å²) < 4.78 is 16.9. The molecule has 0 saturated carbocycles. The second-order valence-electron chi connectivity index (χ2n) is 23.4. The Hall–Kier alpha value is -3.67. The van der Waals surface area contributed by atoms with Crippen molar-refractivity contribution in [3.8, 4) is 0 Å². The van der Waals surface area contributed by atoms with Crippen LogP contribution in [0.4, 0.5) is 0 Å². The molecule has 0 aromatic rings. The lowest BCUT2D eigenvalue weighted by atomic mass is 10.0. The normalized spacial score (nSPS) is 12.7. The molecular weight excluding hydrogens is 1010 g/mol. The molecule has 1 atom stereocenters. The van der Waals surface area contributed by atoms with Crippen molar-refractivity contribution in [1.82, 2.24) is 0 Å². The van der Waals surface area contributed by atoms with Gasteiger partial charge in [-0.3, -0.25) is 14.4 Å². The third kappa shape index (κ3) is 67.1. The molecule has 0 aromatic heterocycles. The first-order chi connectivity index (χ1) is 40.5. The van der Waals surface area contributed by atoms with Crippen LogP contribution in [0.1, 0.15) is 348 Å². The van der Waals surface area contributed by atoms with Crippen LogP contribution < -0.4 is 0 Å². The number of rotatable bonds is 64. The Morgan fingerprint density at radius 3 is 0.768 bits per heavy atom. The van der Waals surface area contributed by atoms with E-state index >= 15 is 0 Å². The molecule has 0 aromatic carbocycles. The van der Waals surface area contributed by atoms with Gasteiger partial charge < -0.3 is 14.2 Å². The lowest BCUT2D eigenvalue weighted by Crippen LogP contribution is -2.30. The molecule has 0 aliphatic heterocycles. The third-order valence-corrected chi connectivity index (χ3v) is 15.3. The number of allylic oxidation sites excluding steroid dienone is 16. The van der Waals surface area contributed by atoms with E-state index in [0.717, 1.165) is 122 Å². The predicted octanol–water partition coefficient (Wildman–Crippen LogP) is 24.4. The van der Waals surface area contributed by atoms with Crippen molar-refractivity contribution < 1.29 is 28.6 Å². The number of carbonyl (C=O) groups is 3. The van der Waals surface area contributed by atoms with Crippen molar-refractivity contribution in [2.45, 2.75) is 354 Å². The molecule has 0 bridgehead atoms. The average molecular weight is 1140 g/mol. The summed E-state index contributed by atoms with van der Waals surface area (Å²) in [5.41, 5.74) is 0. The largest absolute Gasteiger partial charge is 0.462 e. The fourth-order valence-corrected chi connectivity index (χ4v) is 10.1. The number of carbonyl (C=O) groups excluding carboxylic acids is 3. The Morgan fingerprint density at radius 1 is 0.256 bits per heavy atom. The number of hydrogen-bond acceptors (Lipinski definition) is 6. The minimum atomic E-state index is -0.804. The maximum atomic E-state index is 12.9. The molecule has 0 aliphatic carbocycles. The molecule has 0 radical (unpaired) electrons. The molecule has 6 nitrogen and oxygen atoms in total. The Kier molecular flexibility index (Phi) is 66.7.